The van der Waals surface area contributed by atoms with Crippen molar-refractivity contribution in [1.82, 2.24) is 4.90 Å². The number of ether oxygens (including phenoxy) is 2. The van der Waals surface area contributed by atoms with Gasteiger partial charge in [0.2, 0.25) is 5.91 Å². The molecule has 2 aromatic carbocycles. The molecule has 1 N–H and O–H groups in total. The molecule has 1 aliphatic rings. The van der Waals surface area contributed by atoms with Crippen molar-refractivity contribution >= 4 is 29.2 Å². The molecule has 1 saturated heterocycles. The fourth-order valence-electron chi connectivity index (χ4n) is 3.89. The van der Waals surface area contributed by atoms with Gasteiger partial charge in [0, 0.05) is 24.2 Å². The first-order chi connectivity index (χ1) is 14.5. The van der Waals surface area contributed by atoms with E-state index in [1.165, 1.54) is 7.11 Å². The van der Waals surface area contributed by atoms with E-state index in [0.717, 1.165) is 5.56 Å². The fourth-order valence-corrected chi connectivity index (χ4v) is 4.05. The third-order valence-electron chi connectivity index (χ3n) is 5.51. The Hall–Kier alpha value is -2.57. The Morgan fingerprint density at radius 2 is 1.83 bits per heavy atom. The molecule has 1 heterocycles. The van der Waals surface area contributed by atoms with E-state index in [-0.39, 0.29) is 18.4 Å². The number of carbonyl (C=O) groups excluding carboxylic acids is 2. The molecule has 2 aromatic rings. The average Bonchev–Trinajstić information content (AvgIpc) is 2.76. The van der Waals surface area contributed by atoms with E-state index >= 15 is 0 Å². The molecule has 6 nitrogen and oxygen atoms in total. The smallest absolute Gasteiger partial charge is 0.316 e. The first-order valence-corrected chi connectivity index (χ1v) is 10.4. The molecule has 160 valence electrons. The van der Waals surface area contributed by atoms with Crippen LogP contribution in [0.25, 0.3) is 0 Å². The van der Waals surface area contributed by atoms with Crippen LogP contribution in [0.5, 0.6) is 5.75 Å². The van der Waals surface area contributed by atoms with Crippen molar-refractivity contribution < 1.29 is 19.1 Å². The summed E-state index contributed by atoms with van der Waals surface area (Å²) >= 11 is 5.97. The number of rotatable bonds is 7. The first kappa shape index (κ1) is 22.1. The fraction of sp³-hybridized carbons (Fsp3) is 0.391. The zero-order valence-electron chi connectivity index (χ0n) is 17.3. The van der Waals surface area contributed by atoms with Crippen LogP contribution in [0.3, 0.4) is 0 Å². The van der Waals surface area contributed by atoms with E-state index in [4.69, 9.17) is 21.1 Å². The second kappa shape index (κ2) is 9.96. The van der Waals surface area contributed by atoms with Crippen LogP contribution in [0.1, 0.15) is 25.3 Å². The standard InChI is InChI=1S/C23H27ClN2O4/c1-3-30-22(28)23(17-7-5-4-6-8-17)11-13-26(14-12-23)16-21(27)25-19-10-9-18(24)15-20(19)29-2/h4-10,15H,3,11-14,16H2,1-2H3,(H,25,27). The number of nitrogens with zero attached hydrogens (tertiary/aromatic N) is 1. The highest BCUT2D eigenvalue weighted by Gasteiger charge is 2.44. The Labute approximate surface area is 182 Å². The second-order valence-corrected chi connectivity index (χ2v) is 7.77. The van der Waals surface area contributed by atoms with Gasteiger partial charge in [0.15, 0.2) is 0 Å². The van der Waals surface area contributed by atoms with Gasteiger partial charge in [0.1, 0.15) is 5.75 Å². The molecule has 0 saturated carbocycles. The quantitative estimate of drug-likeness (QED) is 0.675. The number of esters is 1. The van der Waals surface area contributed by atoms with Gasteiger partial charge in [-0.2, -0.15) is 0 Å². The number of halogens is 1. The number of anilines is 1. The Kier molecular flexibility index (Phi) is 7.34. The molecule has 1 amide bonds. The Morgan fingerprint density at radius 3 is 2.47 bits per heavy atom. The number of methoxy groups -OCH3 is 1. The van der Waals surface area contributed by atoms with E-state index in [1.807, 2.05) is 37.3 Å². The van der Waals surface area contributed by atoms with E-state index in [0.29, 0.717) is 49.0 Å². The summed E-state index contributed by atoms with van der Waals surface area (Å²) in [5, 5.41) is 3.41. The highest BCUT2D eigenvalue weighted by atomic mass is 35.5. The summed E-state index contributed by atoms with van der Waals surface area (Å²) < 4.78 is 10.7. The molecule has 7 heteroatoms. The maximum Gasteiger partial charge on any atom is 0.316 e. The minimum Gasteiger partial charge on any atom is -0.495 e. The van der Waals surface area contributed by atoms with Gasteiger partial charge < -0.3 is 14.8 Å². The topological polar surface area (TPSA) is 67.9 Å². The van der Waals surface area contributed by atoms with Crippen molar-refractivity contribution in [2.45, 2.75) is 25.2 Å². The molecule has 0 radical (unpaired) electrons. The van der Waals surface area contributed by atoms with Crippen LogP contribution in [0.15, 0.2) is 48.5 Å². The van der Waals surface area contributed by atoms with Gasteiger partial charge in [0.05, 0.1) is 31.4 Å². The summed E-state index contributed by atoms with van der Waals surface area (Å²) in [6, 6.07) is 14.9. The molecule has 0 spiro atoms. The number of piperidine rings is 1. The third-order valence-corrected chi connectivity index (χ3v) is 5.74. The van der Waals surface area contributed by atoms with Crippen molar-refractivity contribution in [3.8, 4) is 5.75 Å². The summed E-state index contributed by atoms with van der Waals surface area (Å²) in [6.45, 7) is 3.65. The molecule has 30 heavy (non-hydrogen) atoms. The van der Waals surface area contributed by atoms with Gasteiger partial charge in [-0.15, -0.1) is 0 Å². The lowest BCUT2D eigenvalue weighted by Gasteiger charge is -2.40. The molecule has 0 aromatic heterocycles. The van der Waals surface area contributed by atoms with Gasteiger partial charge in [-0.3, -0.25) is 14.5 Å². The van der Waals surface area contributed by atoms with E-state index < -0.39 is 5.41 Å². The summed E-state index contributed by atoms with van der Waals surface area (Å²) in [4.78, 5) is 27.5. The number of benzene rings is 2. The molecule has 0 aliphatic carbocycles. The Morgan fingerprint density at radius 1 is 1.13 bits per heavy atom. The highest BCUT2D eigenvalue weighted by molar-refractivity contribution is 6.30. The summed E-state index contributed by atoms with van der Waals surface area (Å²) in [5.74, 6) is 0.185. The van der Waals surface area contributed by atoms with Gasteiger partial charge in [-0.25, -0.2) is 0 Å². The van der Waals surface area contributed by atoms with Gasteiger partial charge in [-0.1, -0.05) is 41.9 Å². The molecule has 0 bridgehead atoms. The molecular formula is C23H27ClN2O4. The van der Waals surface area contributed by atoms with Crippen molar-refractivity contribution in [2.24, 2.45) is 0 Å². The summed E-state index contributed by atoms with van der Waals surface area (Å²) in [7, 11) is 1.53. The predicted octanol–water partition coefficient (Wildman–Crippen LogP) is 3.88. The largest absolute Gasteiger partial charge is 0.495 e. The van der Waals surface area contributed by atoms with Crippen LogP contribution in [0.2, 0.25) is 5.02 Å². The SMILES string of the molecule is CCOC(=O)C1(c2ccccc2)CCN(CC(=O)Nc2ccc(Cl)cc2OC)CC1. The van der Waals surface area contributed by atoms with E-state index in [1.54, 1.807) is 18.2 Å². The van der Waals surface area contributed by atoms with E-state index in [9.17, 15) is 9.59 Å². The lowest BCUT2D eigenvalue weighted by atomic mass is 9.72. The van der Waals surface area contributed by atoms with Crippen LogP contribution < -0.4 is 10.1 Å². The molecule has 0 atom stereocenters. The minimum atomic E-state index is -0.663. The lowest BCUT2D eigenvalue weighted by molar-refractivity contribution is -0.152. The normalized spacial score (nSPS) is 16.0. The van der Waals surface area contributed by atoms with Gasteiger partial charge in [-0.05, 0) is 37.5 Å². The predicted molar refractivity (Wildman–Crippen MR) is 117 cm³/mol. The third kappa shape index (κ3) is 4.94. The summed E-state index contributed by atoms with van der Waals surface area (Å²) in [6.07, 6.45) is 1.21. The highest BCUT2D eigenvalue weighted by Crippen LogP contribution is 2.37. The number of likely N-dealkylation sites (tertiary alicyclic amines) is 1. The molecule has 1 fully saturated rings. The molecule has 0 unspecified atom stereocenters. The van der Waals surface area contributed by atoms with Crippen LogP contribution in [-0.2, 0) is 19.7 Å². The maximum absolute atomic E-state index is 12.8. The first-order valence-electron chi connectivity index (χ1n) is 10.1. The van der Waals surface area contributed by atoms with Crippen molar-refractivity contribution in [1.29, 1.82) is 0 Å². The van der Waals surface area contributed by atoms with Crippen LogP contribution >= 0.6 is 11.6 Å². The maximum atomic E-state index is 12.8. The Balaban J connectivity index is 1.65. The number of carbonyl (C=O) groups is 2. The van der Waals surface area contributed by atoms with Gasteiger partial charge >= 0.3 is 5.97 Å². The number of hydrogen-bond acceptors (Lipinski definition) is 5. The van der Waals surface area contributed by atoms with E-state index in [2.05, 4.69) is 10.2 Å². The molecule has 1 aliphatic heterocycles. The van der Waals surface area contributed by atoms with Gasteiger partial charge in [0.25, 0.3) is 0 Å². The van der Waals surface area contributed by atoms with Crippen LogP contribution in [0.4, 0.5) is 5.69 Å². The van der Waals surface area contributed by atoms with Crippen molar-refractivity contribution in [2.75, 3.05) is 38.7 Å². The number of hydrogen-bond donors (Lipinski definition) is 1. The number of nitrogens with one attached hydrogen (secondary N) is 1. The minimum absolute atomic E-state index is 0.140. The number of amides is 1. The Bertz CT molecular complexity index is 880. The zero-order chi connectivity index (χ0) is 21.6. The molecular weight excluding hydrogens is 404 g/mol. The average molecular weight is 431 g/mol. The molecule has 3 rings (SSSR count). The monoisotopic (exact) mass is 430 g/mol. The van der Waals surface area contributed by atoms with Crippen LogP contribution in [-0.4, -0.2) is 50.1 Å². The van der Waals surface area contributed by atoms with Crippen LogP contribution in [0, 0.1) is 0 Å². The summed E-state index contributed by atoms with van der Waals surface area (Å²) in [5.41, 5.74) is 0.886. The van der Waals surface area contributed by atoms with Crippen molar-refractivity contribution in [3.63, 3.8) is 0 Å². The second-order valence-electron chi connectivity index (χ2n) is 7.34. The zero-order valence-corrected chi connectivity index (χ0v) is 18.1. The lowest BCUT2D eigenvalue weighted by Crippen LogP contribution is -2.49. The van der Waals surface area contributed by atoms with Crippen molar-refractivity contribution in [3.05, 3.63) is 59.1 Å².